The molecule has 2 aromatic rings. The van der Waals surface area contributed by atoms with Crippen LogP contribution in [0.2, 0.25) is 0 Å². The number of benzene rings is 1. The molecule has 1 N–H and O–H groups in total. The molecular formula is C9H7NO4. The van der Waals surface area contributed by atoms with E-state index in [0.29, 0.717) is 17.0 Å². The minimum absolute atomic E-state index is 0.235. The van der Waals surface area contributed by atoms with E-state index in [9.17, 15) is 4.79 Å². The summed E-state index contributed by atoms with van der Waals surface area (Å²) in [5.74, 6) is 0.769. The number of hydrogen-bond acceptors (Lipinski definition) is 4. The van der Waals surface area contributed by atoms with Gasteiger partial charge in [0, 0.05) is 13.0 Å². The summed E-state index contributed by atoms with van der Waals surface area (Å²) in [6.45, 7) is 1.72. The third-order valence-corrected chi connectivity index (χ3v) is 1.67. The minimum atomic E-state index is -1.34. The maximum Gasteiger partial charge on any atom is 0.511 e. The first-order valence-corrected chi connectivity index (χ1v) is 3.93. The summed E-state index contributed by atoms with van der Waals surface area (Å²) in [4.78, 5) is 14.3. The molecule has 0 fully saturated rings. The van der Waals surface area contributed by atoms with E-state index in [4.69, 9.17) is 9.52 Å². The van der Waals surface area contributed by atoms with Gasteiger partial charge in [0.1, 0.15) is 11.3 Å². The molecule has 0 aliphatic rings. The number of nitrogens with zero attached hydrogens (tertiary/aromatic N) is 1. The topological polar surface area (TPSA) is 72.6 Å². The molecule has 0 aliphatic heterocycles. The van der Waals surface area contributed by atoms with Gasteiger partial charge in [-0.1, -0.05) is 0 Å². The van der Waals surface area contributed by atoms with E-state index in [1.807, 2.05) is 0 Å². The number of hydrogen-bond donors (Lipinski definition) is 1. The van der Waals surface area contributed by atoms with Gasteiger partial charge >= 0.3 is 6.16 Å². The molecule has 72 valence electrons. The molecule has 0 unspecified atom stereocenters. The van der Waals surface area contributed by atoms with E-state index in [0.717, 1.165) is 0 Å². The number of rotatable bonds is 1. The highest BCUT2D eigenvalue weighted by molar-refractivity contribution is 5.75. The second-order valence-corrected chi connectivity index (χ2v) is 2.73. The maximum absolute atomic E-state index is 10.2. The molecule has 0 spiro atoms. The van der Waals surface area contributed by atoms with E-state index in [-0.39, 0.29) is 5.75 Å². The predicted octanol–water partition coefficient (Wildman–Crippen LogP) is 2.19. The summed E-state index contributed by atoms with van der Waals surface area (Å²) in [5, 5.41) is 8.38. The second kappa shape index (κ2) is 3.02. The predicted molar refractivity (Wildman–Crippen MR) is 47.4 cm³/mol. The largest absolute Gasteiger partial charge is 0.511 e. The van der Waals surface area contributed by atoms with Crippen molar-refractivity contribution < 1.29 is 19.1 Å². The van der Waals surface area contributed by atoms with Crippen LogP contribution < -0.4 is 4.74 Å². The monoisotopic (exact) mass is 193 g/mol. The SMILES string of the molecule is Cc1nc2cc(OC(=O)O)ccc2o1. The zero-order valence-corrected chi connectivity index (χ0v) is 7.35. The van der Waals surface area contributed by atoms with Crippen molar-refractivity contribution in [3.63, 3.8) is 0 Å². The Bertz CT molecular complexity index is 489. The highest BCUT2D eigenvalue weighted by atomic mass is 16.7. The van der Waals surface area contributed by atoms with Gasteiger partial charge < -0.3 is 14.3 Å². The molecule has 0 saturated carbocycles. The molecule has 0 aliphatic carbocycles. The Labute approximate surface area is 78.9 Å². The van der Waals surface area contributed by atoms with Crippen molar-refractivity contribution in [2.45, 2.75) is 6.92 Å². The van der Waals surface area contributed by atoms with Gasteiger partial charge in [-0.15, -0.1) is 0 Å². The average Bonchev–Trinajstić information content (AvgIpc) is 2.42. The molecule has 1 aromatic carbocycles. The molecule has 14 heavy (non-hydrogen) atoms. The van der Waals surface area contributed by atoms with Crippen molar-refractivity contribution in [3.8, 4) is 5.75 Å². The van der Waals surface area contributed by atoms with Crippen LogP contribution in [0.25, 0.3) is 11.1 Å². The lowest BCUT2D eigenvalue weighted by Gasteiger charge is -1.97. The Kier molecular flexibility index (Phi) is 1.85. The summed E-state index contributed by atoms with van der Waals surface area (Å²) >= 11 is 0. The van der Waals surface area contributed by atoms with E-state index in [1.165, 1.54) is 12.1 Å². The number of ether oxygens (including phenoxy) is 1. The first kappa shape index (κ1) is 8.55. The van der Waals surface area contributed by atoms with Gasteiger partial charge in [0.25, 0.3) is 0 Å². The van der Waals surface area contributed by atoms with Crippen LogP contribution in [0.15, 0.2) is 22.6 Å². The van der Waals surface area contributed by atoms with Gasteiger partial charge in [-0.2, -0.15) is 0 Å². The van der Waals surface area contributed by atoms with E-state index in [1.54, 1.807) is 13.0 Å². The number of aromatic nitrogens is 1. The molecule has 5 nitrogen and oxygen atoms in total. The van der Waals surface area contributed by atoms with Crippen LogP contribution in [-0.2, 0) is 0 Å². The highest BCUT2D eigenvalue weighted by Gasteiger charge is 2.05. The minimum Gasteiger partial charge on any atom is -0.449 e. The smallest absolute Gasteiger partial charge is 0.449 e. The third kappa shape index (κ3) is 1.52. The Morgan fingerprint density at radius 1 is 1.57 bits per heavy atom. The van der Waals surface area contributed by atoms with E-state index < -0.39 is 6.16 Å². The molecular weight excluding hydrogens is 186 g/mol. The molecule has 1 heterocycles. The van der Waals surface area contributed by atoms with Crippen LogP contribution in [0.3, 0.4) is 0 Å². The lowest BCUT2D eigenvalue weighted by Crippen LogP contribution is -2.02. The van der Waals surface area contributed by atoms with Crippen LogP contribution in [0, 0.1) is 6.92 Å². The average molecular weight is 193 g/mol. The molecule has 0 amide bonds. The fraction of sp³-hybridized carbons (Fsp3) is 0.111. The van der Waals surface area contributed by atoms with Gasteiger partial charge in [0.2, 0.25) is 0 Å². The van der Waals surface area contributed by atoms with Crippen molar-refractivity contribution in [1.29, 1.82) is 0 Å². The first-order valence-electron chi connectivity index (χ1n) is 3.93. The van der Waals surface area contributed by atoms with Crippen molar-refractivity contribution in [2.24, 2.45) is 0 Å². The van der Waals surface area contributed by atoms with Crippen LogP contribution in [0.4, 0.5) is 4.79 Å². The molecule has 0 bridgehead atoms. The molecule has 2 rings (SSSR count). The van der Waals surface area contributed by atoms with Crippen LogP contribution >= 0.6 is 0 Å². The van der Waals surface area contributed by atoms with Crippen molar-refractivity contribution >= 4 is 17.3 Å². The Morgan fingerprint density at radius 3 is 3.07 bits per heavy atom. The van der Waals surface area contributed by atoms with Crippen molar-refractivity contribution in [2.75, 3.05) is 0 Å². The molecule has 0 radical (unpaired) electrons. The quantitative estimate of drug-likeness (QED) is 0.555. The van der Waals surface area contributed by atoms with Gasteiger partial charge in [0.15, 0.2) is 11.5 Å². The maximum atomic E-state index is 10.2. The Morgan fingerprint density at radius 2 is 2.36 bits per heavy atom. The fourth-order valence-corrected chi connectivity index (χ4v) is 1.19. The third-order valence-electron chi connectivity index (χ3n) is 1.67. The Balaban J connectivity index is 2.45. The highest BCUT2D eigenvalue weighted by Crippen LogP contribution is 2.21. The first-order chi connectivity index (χ1) is 6.65. The number of aryl methyl sites for hydroxylation is 1. The lowest BCUT2D eigenvalue weighted by molar-refractivity contribution is 0.144. The number of fused-ring (bicyclic) bond motifs is 1. The number of carbonyl (C=O) groups is 1. The summed E-state index contributed by atoms with van der Waals surface area (Å²) in [6.07, 6.45) is -1.34. The fourth-order valence-electron chi connectivity index (χ4n) is 1.19. The summed E-state index contributed by atoms with van der Waals surface area (Å²) in [6, 6.07) is 4.65. The molecule has 1 aromatic heterocycles. The van der Waals surface area contributed by atoms with Gasteiger partial charge in [-0.25, -0.2) is 9.78 Å². The lowest BCUT2D eigenvalue weighted by atomic mass is 10.3. The van der Waals surface area contributed by atoms with Gasteiger partial charge in [-0.05, 0) is 12.1 Å². The summed E-state index contributed by atoms with van der Waals surface area (Å²) in [5.41, 5.74) is 1.20. The normalized spacial score (nSPS) is 10.4. The van der Waals surface area contributed by atoms with Crippen molar-refractivity contribution in [3.05, 3.63) is 24.1 Å². The molecule has 0 atom stereocenters. The standard InChI is InChI=1S/C9H7NO4/c1-5-10-7-4-6(14-9(11)12)2-3-8(7)13-5/h2-4H,1H3,(H,11,12). The number of oxazole rings is 1. The zero-order chi connectivity index (χ0) is 10.1. The van der Waals surface area contributed by atoms with E-state index >= 15 is 0 Å². The van der Waals surface area contributed by atoms with Crippen LogP contribution in [-0.4, -0.2) is 16.2 Å². The summed E-state index contributed by atoms with van der Waals surface area (Å²) < 4.78 is 9.68. The second-order valence-electron chi connectivity index (χ2n) is 2.73. The van der Waals surface area contributed by atoms with Gasteiger partial charge in [0.05, 0.1) is 0 Å². The zero-order valence-electron chi connectivity index (χ0n) is 7.35. The summed E-state index contributed by atoms with van der Waals surface area (Å²) in [7, 11) is 0. The molecule has 5 heteroatoms. The van der Waals surface area contributed by atoms with Crippen LogP contribution in [0.1, 0.15) is 5.89 Å². The van der Waals surface area contributed by atoms with Crippen LogP contribution in [0.5, 0.6) is 5.75 Å². The number of carboxylic acid groups (broad SMARTS) is 1. The van der Waals surface area contributed by atoms with Gasteiger partial charge in [-0.3, -0.25) is 0 Å². The van der Waals surface area contributed by atoms with Crippen molar-refractivity contribution in [1.82, 2.24) is 4.98 Å². The molecule has 0 saturated heterocycles. The Hall–Kier alpha value is -2.04. The van der Waals surface area contributed by atoms with E-state index in [2.05, 4.69) is 9.72 Å².